The molecule has 0 aromatic heterocycles. The maximum Gasteiger partial charge on any atom is 0.129 e. The van der Waals surface area contributed by atoms with Gasteiger partial charge in [0.2, 0.25) is 0 Å². The lowest BCUT2D eigenvalue weighted by molar-refractivity contribution is 0.0404. The topological polar surface area (TPSA) is 12.0 Å². The average Bonchev–Trinajstić information content (AvgIpc) is 2.39. The first-order valence-electron chi connectivity index (χ1n) is 7.21. The summed E-state index contributed by atoms with van der Waals surface area (Å²) < 4.78 is 27.8. The summed E-state index contributed by atoms with van der Waals surface area (Å²) in [5.41, 5.74) is 0.222. The lowest BCUT2D eigenvalue weighted by atomic mass is 9.54. The second-order valence-corrected chi connectivity index (χ2v) is 5.79. The van der Waals surface area contributed by atoms with Crippen molar-refractivity contribution in [2.24, 2.45) is 5.41 Å². The number of hydrogen-bond acceptors (Lipinski definition) is 1. The van der Waals surface area contributed by atoms with Crippen LogP contribution in [-0.4, -0.2) is 12.6 Å². The van der Waals surface area contributed by atoms with Gasteiger partial charge in [0.1, 0.15) is 11.6 Å². The van der Waals surface area contributed by atoms with Gasteiger partial charge < -0.3 is 5.32 Å². The summed E-state index contributed by atoms with van der Waals surface area (Å²) in [4.78, 5) is 0. The Hall–Kier alpha value is -0.960. The molecule has 0 amide bonds. The summed E-state index contributed by atoms with van der Waals surface area (Å²) in [5, 5.41) is 3.50. The van der Waals surface area contributed by atoms with Gasteiger partial charge in [-0.3, -0.25) is 0 Å². The number of hydrogen-bond donors (Lipinski definition) is 1. The van der Waals surface area contributed by atoms with Crippen LogP contribution in [0.1, 0.15) is 51.5 Å². The van der Waals surface area contributed by atoms with Crippen LogP contribution in [0.4, 0.5) is 8.78 Å². The minimum Gasteiger partial charge on any atom is -0.313 e. The van der Waals surface area contributed by atoms with Crippen molar-refractivity contribution in [1.29, 1.82) is 0 Å². The Kier molecular flexibility index (Phi) is 4.24. The van der Waals surface area contributed by atoms with E-state index in [1.165, 1.54) is 18.2 Å². The molecule has 0 spiro atoms. The van der Waals surface area contributed by atoms with Crippen LogP contribution in [0, 0.1) is 17.0 Å². The third kappa shape index (κ3) is 2.40. The number of rotatable bonds is 5. The van der Waals surface area contributed by atoms with Crippen LogP contribution in [0.3, 0.4) is 0 Å². The van der Waals surface area contributed by atoms with E-state index in [0.29, 0.717) is 6.04 Å². The molecule has 1 fully saturated rings. The van der Waals surface area contributed by atoms with Crippen molar-refractivity contribution in [3.63, 3.8) is 0 Å². The molecule has 2 rings (SSSR count). The first-order valence-corrected chi connectivity index (χ1v) is 7.21. The van der Waals surface area contributed by atoms with Crippen LogP contribution in [0.5, 0.6) is 0 Å². The molecule has 1 N–H and O–H groups in total. The largest absolute Gasteiger partial charge is 0.313 e. The van der Waals surface area contributed by atoms with E-state index >= 15 is 0 Å². The second-order valence-electron chi connectivity index (χ2n) is 5.79. The van der Waals surface area contributed by atoms with Crippen molar-refractivity contribution < 1.29 is 8.78 Å². The molecule has 0 radical (unpaired) electrons. The fourth-order valence-electron chi connectivity index (χ4n) is 3.28. The molecule has 0 saturated heterocycles. The summed E-state index contributed by atoms with van der Waals surface area (Å²) in [6, 6.07) is 4.52. The summed E-state index contributed by atoms with van der Waals surface area (Å²) in [6.45, 7) is 7.33. The first kappa shape index (κ1) is 14.4. The van der Waals surface area contributed by atoms with Gasteiger partial charge in [0.05, 0.1) is 0 Å². The Balaban J connectivity index is 2.23. The number of halogens is 2. The van der Waals surface area contributed by atoms with Crippen LogP contribution in [0.15, 0.2) is 18.2 Å². The van der Waals surface area contributed by atoms with Crippen molar-refractivity contribution in [3.05, 3.63) is 35.4 Å². The van der Waals surface area contributed by atoms with E-state index < -0.39 is 11.6 Å². The van der Waals surface area contributed by atoms with Crippen molar-refractivity contribution in [1.82, 2.24) is 5.32 Å². The first-order chi connectivity index (χ1) is 9.04. The van der Waals surface area contributed by atoms with Crippen molar-refractivity contribution in [2.75, 3.05) is 6.54 Å². The van der Waals surface area contributed by atoms with Gasteiger partial charge in [0, 0.05) is 11.6 Å². The highest BCUT2D eigenvalue weighted by molar-refractivity contribution is 5.30. The number of benzene rings is 1. The average molecular weight is 267 g/mol. The van der Waals surface area contributed by atoms with E-state index in [-0.39, 0.29) is 16.9 Å². The van der Waals surface area contributed by atoms with E-state index in [1.807, 2.05) is 0 Å². The lowest BCUT2D eigenvalue weighted by Crippen LogP contribution is -2.57. The molecule has 19 heavy (non-hydrogen) atoms. The van der Waals surface area contributed by atoms with Gasteiger partial charge in [-0.2, -0.15) is 0 Å². The molecule has 3 unspecified atom stereocenters. The van der Waals surface area contributed by atoms with Gasteiger partial charge >= 0.3 is 0 Å². The molecule has 3 heteroatoms. The third-order valence-corrected chi connectivity index (χ3v) is 4.81. The molecule has 1 saturated carbocycles. The lowest BCUT2D eigenvalue weighted by Gasteiger charge is -2.55. The molecule has 0 aliphatic heterocycles. The standard InChI is InChI=1S/C16H23F2N/c1-4-9-19-14-10-11(16(14,3)5-2)15-12(17)7-6-8-13(15)18/h6-8,11,14,19H,4-5,9-10H2,1-3H3. The van der Waals surface area contributed by atoms with Crippen LogP contribution in [-0.2, 0) is 0 Å². The molecule has 1 aliphatic carbocycles. The van der Waals surface area contributed by atoms with E-state index in [2.05, 4.69) is 26.1 Å². The Morgan fingerprint density at radius 1 is 1.26 bits per heavy atom. The molecule has 0 bridgehead atoms. The van der Waals surface area contributed by atoms with Gasteiger partial charge in [0.15, 0.2) is 0 Å². The van der Waals surface area contributed by atoms with Gasteiger partial charge in [-0.1, -0.05) is 26.8 Å². The Bertz CT molecular complexity index is 426. The predicted molar refractivity (Wildman–Crippen MR) is 74.2 cm³/mol. The SMILES string of the molecule is CCCNC1CC(c2c(F)cccc2F)C1(C)CC. The van der Waals surface area contributed by atoms with Gasteiger partial charge in [-0.15, -0.1) is 0 Å². The monoisotopic (exact) mass is 267 g/mol. The molecular weight excluding hydrogens is 244 g/mol. The van der Waals surface area contributed by atoms with Gasteiger partial charge in [0.25, 0.3) is 0 Å². The van der Waals surface area contributed by atoms with E-state index in [1.54, 1.807) is 0 Å². The Labute approximate surface area is 114 Å². The maximum atomic E-state index is 13.9. The molecule has 106 valence electrons. The quantitative estimate of drug-likeness (QED) is 0.841. The zero-order valence-electron chi connectivity index (χ0n) is 12.0. The molecule has 1 aliphatic rings. The molecule has 3 atom stereocenters. The molecule has 1 aromatic carbocycles. The minimum atomic E-state index is -0.404. The summed E-state index contributed by atoms with van der Waals surface area (Å²) in [6.07, 6.45) is 2.82. The zero-order valence-corrected chi connectivity index (χ0v) is 12.0. The predicted octanol–water partition coefficient (Wildman–Crippen LogP) is 4.24. The van der Waals surface area contributed by atoms with E-state index in [9.17, 15) is 8.78 Å². The summed E-state index contributed by atoms with van der Waals surface area (Å²) in [5.74, 6) is -0.828. The highest BCUT2D eigenvalue weighted by atomic mass is 19.1. The number of nitrogens with one attached hydrogen (secondary N) is 1. The highest BCUT2D eigenvalue weighted by Gasteiger charge is 2.52. The highest BCUT2D eigenvalue weighted by Crippen LogP contribution is 2.55. The fraction of sp³-hybridized carbons (Fsp3) is 0.625. The second kappa shape index (κ2) is 5.58. The molecule has 1 aromatic rings. The van der Waals surface area contributed by atoms with Crippen LogP contribution < -0.4 is 5.32 Å². The maximum absolute atomic E-state index is 13.9. The van der Waals surface area contributed by atoms with Gasteiger partial charge in [-0.25, -0.2) is 8.78 Å². The summed E-state index contributed by atoms with van der Waals surface area (Å²) >= 11 is 0. The van der Waals surface area contributed by atoms with Crippen LogP contribution in [0.2, 0.25) is 0 Å². The molecular formula is C16H23F2N. The van der Waals surface area contributed by atoms with Crippen molar-refractivity contribution >= 4 is 0 Å². The van der Waals surface area contributed by atoms with Crippen LogP contribution in [0.25, 0.3) is 0 Å². The Morgan fingerprint density at radius 3 is 2.42 bits per heavy atom. The van der Waals surface area contributed by atoms with E-state index in [4.69, 9.17) is 0 Å². The zero-order chi connectivity index (χ0) is 14.0. The normalized spacial score (nSPS) is 30.2. The van der Waals surface area contributed by atoms with E-state index in [0.717, 1.165) is 25.8 Å². The van der Waals surface area contributed by atoms with Gasteiger partial charge in [-0.05, 0) is 49.3 Å². The third-order valence-electron chi connectivity index (χ3n) is 4.81. The molecule has 1 nitrogen and oxygen atoms in total. The molecule has 0 heterocycles. The van der Waals surface area contributed by atoms with Crippen molar-refractivity contribution in [3.8, 4) is 0 Å². The summed E-state index contributed by atoms with van der Waals surface area (Å²) in [7, 11) is 0. The minimum absolute atomic E-state index is 0.0203. The van der Waals surface area contributed by atoms with Crippen molar-refractivity contribution in [2.45, 2.75) is 52.0 Å². The fourth-order valence-corrected chi connectivity index (χ4v) is 3.28. The smallest absolute Gasteiger partial charge is 0.129 e. The van der Waals surface area contributed by atoms with Crippen LogP contribution >= 0.6 is 0 Å². The Morgan fingerprint density at radius 2 is 1.89 bits per heavy atom.